The summed E-state index contributed by atoms with van der Waals surface area (Å²) < 4.78 is 6.06. The van der Waals surface area contributed by atoms with Crippen LogP contribution in [0.15, 0.2) is 28.7 Å². The van der Waals surface area contributed by atoms with Crippen LogP contribution in [0.5, 0.6) is 0 Å². The van der Waals surface area contributed by atoms with Crippen molar-refractivity contribution in [3.8, 4) is 0 Å². The van der Waals surface area contributed by atoms with Crippen LogP contribution in [-0.4, -0.2) is 25.0 Å². The van der Waals surface area contributed by atoms with Gasteiger partial charge in [0.2, 0.25) is 0 Å². The van der Waals surface area contributed by atoms with E-state index in [0.29, 0.717) is 18.7 Å². The lowest BCUT2D eigenvalue weighted by atomic mass is 10.1. The number of benzene rings is 1. The Morgan fingerprint density at radius 1 is 1.00 bits per heavy atom. The average molecular weight is 426 g/mol. The summed E-state index contributed by atoms with van der Waals surface area (Å²) in [6.45, 7) is 3.01. The van der Waals surface area contributed by atoms with Crippen molar-refractivity contribution in [1.82, 2.24) is 5.32 Å². The number of carbonyl (C=O) groups excluding carboxylic acids is 2. The second kappa shape index (κ2) is 14.8. The number of carbonyl (C=O) groups is 2. The normalized spacial score (nSPS) is 10.5. The number of hydrogen-bond donors (Lipinski definition) is 1. The first kappa shape index (κ1) is 22.7. The summed E-state index contributed by atoms with van der Waals surface area (Å²) in [6, 6.07) is 7.15. The zero-order valence-electron chi connectivity index (χ0n) is 15.9. The van der Waals surface area contributed by atoms with Crippen LogP contribution in [0.25, 0.3) is 0 Å². The van der Waals surface area contributed by atoms with Gasteiger partial charge in [-0.05, 0) is 24.6 Å². The van der Waals surface area contributed by atoms with Crippen LogP contribution in [0.3, 0.4) is 0 Å². The number of esters is 1. The molecule has 0 aliphatic heterocycles. The van der Waals surface area contributed by atoms with Gasteiger partial charge in [0.25, 0.3) is 5.91 Å². The zero-order valence-corrected chi connectivity index (χ0v) is 17.5. The number of unbranched alkanes of at least 4 members (excludes halogenated alkanes) is 8. The van der Waals surface area contributed by atoms with Gasteiger partial charge in [-0.1, -0.05) is 80.3 Å². The Bertz CT molecular complexity index is 534. The zero-order chi connectivity index (χ0) is 19.0. The highest BCUT2D eigenvalue weighted by molar-refractivity contribution is 9.10. The molecule has 4 nitrogen and oxygen atoms in total. The Kier molecular flexibility index (Phi) is 12.9. The summed E-state index contributed by atoms with van der Waals surface area (Å²) in [4.78, 5) is 23.6. The van der Waals surface area contributed by atoms with Crippen molar-refractivity contribution in [3.05, 3.63) is 34.3 Å². The molecule has 26 heavy (non-hydrogen) atoms. The van der Waals surface area contributed by atoms with Gasteiger partial charge in [-0.3, -0.25) is 9.59 Å². The molecular formula is C21H32BrNO3. The average Bonchev–Trinajstić information content (AvgIpc) is 2.63. The smallest absolute Gasteiger partial charge is 0.307 e. The lowest BCUT2D eigenvalue weighted by Crippen LogP contribution is -2.26. The van der Waals surface area contributed by atoms with Gasteiger partial charge < -0.3 is 10.1 Å². The van der Waals surface area contributed by atoms with E-state index in [0.717, 1.165) is 17.3 Å². The van der Waals surface area contributed by atoms with Crippen molar-refractivity contribution >= 4 is 27.8 Å². The van der Waals surface area contributed by atoms with Gasteiger partial charge in [-0.15, -0.1) is 0 Å². The monoisotopic (exact) mass is 425 g/mol. The van der Waals surface area contributed by atoms with Crippen LogP contribution in [0.4, 0.5) is 0 Å². The molecule has 5 heteroatoms. The maximum atomic E-state index is 11.9. The minimum Gasteiger partial charge on any atom is -0.466 e. The molecule has 146 valence electrons. The van der Waals surface area contributed by atoms with E-state index in [1.54, 1.807) is 18.2 Å². The van der Waals surface area contributed by atoms with Gasteiger partial charge in [0.15, 0.2) is 0 Å². The Balaban J connectivity index is 1.96. The van der Waals surface area contributed by atoms with Crippen LogP contribution in [0, 0.1) is 0 Å². The van der Waals surface area contributed by atoms with Crippen LogP contribution >= 0.6 is 15.9 Å². The molecule has 1 aromatic rings. The Morgan fingerprint density at radius 3 is 2.31 bits per heavy atom. The van der Waals surface area contributed by atoms with Crippen LogP contribution in [-0.2, 0) is 9.53 Å². The highest BCUT2D eigenvalue weighted by atomic mass is 79.9. The Morgan fingerprint density at radius 2 is 1.65 bits per heavy atom. The van der Waals surface area contributed by atoms with Crippen LogP contribution in [0.2, 0.25) is 0 Å². The van der Waals surface area contributed by atoms with Crippen LogP contribution < -0.4 is 5.32 Å². The summed E-state index contributed by atoms with van der Waals surface area (Å²) in [7, 11) is 0. The molecule has 0 aromatic heterocycles. The highest BCUT2D eigenvalue weighted by Crippen LogP contribution is 2.11. The van der Waals surface area contributed by atoms with Crippen molar-refractivity contribution in [2.24, 2.45) is 0 Å². The van der Waals surface area contributed by atoms with Gasteiger partial charge in [-0.25, -0.2) is 0 Å². The van der Waals surface area contributed by atoms with E-state index in [2.05, 4.69) is 28.2 Å². The van der Waals surface area contributed by atoms with E-state index in [9.17, 15) is 9.59 Å². The Labute approximate surface area is 166 Å². The first-order valence-electron chi connectivity index (χ1n) is 9.83. The minimum atomic E-state index is -0.251. The number of rotatable bonds is 14. The van der Waals surface area contributed by atoms with Gasteiger partial charge in [0.05, 0.1) is 13.0 Å². The molecule has 1 N–H and O–H groups in total. The molecule has 0 spiro atoms. The number of amides is 1. The molecule has 0 atom stereocenters. The Hall–Kier alpha value is -1.36. The van der Waals surface area contributed by atoms with E-state index in [4.69, 9.17) is 4.74 Å². The molecular weight excluding hydrogens is 394 g/mol. The summed E-state index contributed by atoms with van der Waals surface area (Å²) in [5.41, 5.74) is 0.572. The second-order valence-corrected chi connectivity index (χ2v) is 7.48. The van der Waals surface area contributed by atoms with E-state index in [-0.39, 0.29) is 18.3 Å². The largest absolute Gasteiger partial charge is 0.466 e. The lowest BCUT2D eigenvalue weighted by molar-refractivity contribution is -0.143. The first-order chi connectivity index (χ1) is 12.6. The minimum absolute atomic E-state index is 0.182. The third-order valence-electron chi connectivity index (χ3n) is 4.21. The molecule has 0 fully saturated rings. The molecule has 0 unspecified atom stereocenters. The van der Waals surface area contributed by atoms with Gasteiger partial charge >= 0.3 is 5.97 Å². The predicted molar refractivity (Wildman–Crippen MR) is 109 cm³/mol. The second-order valence-electron chi connectivity index (χ2n) is 6.57. The van der Waals surface area contributed by atoms with E-state index in [1.165, 1.54) is 44.9 Å². The van der Waals surface area contributed by atoms with E-state index in [1.807, 2.05) is 6.07 Å². The molecule has 1 amide bonds. The fourth-order valence-corrected chi connectivity index (χ4v) is 3.08. The van der Waals surface area contributed by atoms with E-state index >= 15 is 0 Å². The van der Waals surface area contributed by atoms with Gasteiger partial charge in [0, 0.05) is 16.6 Å². The maximum Gasteiger partial charge on any atom is 0.307 e. The third-order valence-corrected chi connectivity index (χ3v) is 4.71. The molecule has 0 aliphatic rings. The maximum absolute atomic E-state index is 11.9. The summed E-state index contributed by atoms with van der Waals surface area (Å²) in [6.07, 6.45) is 11.4. The molecule has 1 rings (SSSR count). The quantitative estimate of drug-likeness (QED) is 0.309. The SMILES string of the molecule is CCCCCCCCCCCOC(=O)CCNC(=O)c1cccc(Br)c1. The fraction of sp³-hybridized carbons (Fsp3) is 0.619. The number of ether oxygens (including phenoxy) is 1. The lowest BCUT2D eigenvalue weighted by Gasteiger charge is -2.07. The summed E-state index contributed by atoms with van der Waals surface area (Å²) in [5.74, 6) is -0.433. The predicted octanol–water partition coefficient (Wildman–Crippen LogP) is 5.64. The van der Waals surface area contributed by atoms with Crippen molar-refractivity contribution < 1.29 is 14.3 Å². The van der Waals surface area contributed by atoms with Crippen molar-refractivity contribution in [2.75, 3.05) is 13.2 Å². The third kappa shape index (κ3) is 11.3. The molecule has 0 aliphatic carbocycles. The number of nitrogens with one attached hydrogen (secondary N) is 1. The molecule has 0 bridgehead atoms. The molecule has 0 heterocycles. The van der Waals surface area contributed by atoms with Crippen molar-refractivity contribution in [2.45, 2.75) is 71.1 Å². The standard InChI is InChI=1S/C21H32BrNO3/c1-2-3-4-5-6-7-8-9-10-16-26-20(24)14-15-23-21(25)18-12-11-13-19(22)17-18/h11-13,17H,2-10,14-16H2,1H3,(H,23,25). The molecule has 0 saturated heterocycles. The van der Waals surface area contributed by atoms with Crippen molar-refractivity contribution in [1.29, 1.82) is 0 Å². The van der Waals surface area contributed by atoms with Crippen molar-refractivity contribution in [3.63, 3.8) is 0 Å². The summed E-state index contributed by atoms with van der Waals surface area (Å²) >= 11 is 3.33. The fourth-order valence-electron chi connectivity index (χ4n) is 2.68. The van der Waals surface area contributed by atoms with Gasteiger partial charge in [-0.2, -0.15) is 0 Å². The summed E-state index contributed by atoms with van der Waals surface area (Å²) in [5, 5.41) is 2.74. The molecule has 0 radical (unpaired) electrons. The molecule has 0 saturated carbocycles. The molecule has 1 aromatic carbocycles. The topological polar surface area (TPSA) is 55.4 Å². The number of halogens is 1. The highest BCUT2D eigenvalue weighted by Gasteiger charge is 2.07. The van der Waals surface area contributed by atoms with Gasteiger partial charge in [0.1, 0.15) is 0 Å². The first-order valence-corrected chi connectivity index (χ1v) is 10.6. The van der Waals surface area contributed by atoms with Crippen LogP contribution in [0.1, 0.15) is 81.5 Å². The van der Waals surface area contributed by atoms with E-state index < -0.39 is 0 Å². The number of hydrogen-bond acceptors (Lipinski definition) is 3.